The van der Waals surface area contributed by atoms with Gasteiger partial charge in [-0.05, 0) is 54.8 Å². The van der Waals surface area contributed by atoms with Gasteiger partial charge < -0.3 is 9.47 Å². The molecule has 0 radical (unpaired) electrons. The lowest BCUT2D eigenvalue weighted by molar-refractivity contribution is 0.0733. The van der Waals surface area contributed by atoms with Crippen LogP contribution >= 0.6 is 11.6 Å². The molecule has 0 saturated carbocycles. The van der Waals surface area contributed by atoms with Gasteiger partial charge in [0, 0.05) is 5.56 Å². The molecule has 3 aromatic rings. The summed E-state index contributed by atoms with van der Waals surface area (Å²) in [5.41, 5.74) is 3.39. The summed E-state index contributed by atoms with van der Waals surface area (Å²) in [7, 11) is 0. The minimum Gasteiger partial charge on any atom is -0.452 e. The molecular formula is C25H19ClO4. The highest BCUT2D eigenvalue weighted by molar-refractivity contribution is 6.33. The Balaban J connectivity index is 1.60. The van der Waals surface area contributed by atoms with E-state index in [0.29, 0.717) is 27.6 Å². The van der Waals surface area contributed by atoms with Gasteiger partial charge in [-0.1, -0.05) is 54.9 Å². The Hall–Kier alpha value is -3.37. The maximum Gasteiger partial charge on any atom is 0.345 e. The summed E-state index contributed by atoms with van der Waals surface area (Å²) < 4.78 is 11.4. The van der Waals surface area contributed by atoms with Crippen molar-refractivity contribution in [1.29, 1.82) is 0 Å². The van der Waals surface area contributed by atoms with Gasteiger partial charge in [0.1, 0.15) is 11.5 Å². The number of ketones is 1. The number of hydrogen-bond acceptors (Lipinski definition) is 4. The third kappa shape index (κ3) is 3.74. The first-order valence-electron chi connectivity index (χ1n) is 9.61. The minimum atomic E-state index is -0.570. The molecule has 150 valence electrons. The number of allylic oxidation sites excluding steroid dienone is 1. The zero-order chi connectivity index (χ0) is 21.3. The summed E-state index contributed by atoms with van der Waals surface area (Å²) in [4.78, 5) is 25.2. The average molecular weight is 419 g/mol. The molecule has 0 fully saturated rings. The molecule has 5 heteroatoms. The number of esters is 1. The van der Waals surface area contributed by atoms with E-state index in [1.165, 1.54) is 5.56 Å². The van der Waals surface area contributed by atoms with E-state index in [2.05, 4.69) is 6.92 Å². The lowest BCUT2D eigenvalue weighted by Gasteiger charge is -2.10. The Morgan fingerprint density at radius 2 is 1.80 bits per heavy atom. The Morgan fingerprint density at radius 3 is 2.50 bits per heavy atom. The third-order valence-corrected chi connectivity index (χ3v) is 5.35. The van der Waals surface area contributed by atoms with Gasteiger partial charge in [0.25, 0.3) is 0 Å². The number of rotatable bonds is 4. The van der Waals surface area contributed by atoms with E-state index in [0.717, 1.165) is 12.0 Å². The molecule has 30 heavy (non-hydrogen) atoms. The van der Waals surface area contributed by atoms with Crippen molar-refractivity contribution in [2.24, 2.45) is 0 Å². The first-order chi connectivity index (χ1) is 14.5. The monoisotopic (exact) mass is 418 g/mol. The number of carbonyl (C=O) groups excluding carboxylic acids is 2. The van der Waals surface area contributed by atoms with Crippen molar-refractivity contribution < 1.29 is 19.1 Å². The first-order valence-corrected chi connectivity index (χ1v) is 9.99. The topological polar surface area (TPSA) is 52.6 Å². The number of Topliss-reactive ketones (excluding diaryl/α,β-unsaturated/α-hetero) is 1. The number of halogens is 1. The molecule has 0 N–H and O–H groups in total. The van der Waals surface area contributed by atoms with Crippen LogP contribution in [0.1, 0.15) is 44.3 Å². The third-order valence-electron chi connectivity index (χ3n) is 5.02. The number of benzene rings is 3. The quantitative estimate of drug-likeness (QED) is 0.294. The van der Waals surface area contributed by atoms with Gasteiger partial charge in [-0.2, -0.15) is 0 Å². The van der Waals surface area contributed by atoms with Crippen molar-refractivity contribution in [3.63, 3.8) is 0 Å². The van der Waals surface area contributed by atoms with Crippen LogP contribution in [0.5, 0.6) is 11.5 Å². The van der Waals surface area contributed by atoms with E-state index in [1.54, 1.807) is 49.4 Å². The Kier molecular flexibility index (Phi) is 5.42. The first kappa shape index (κ1) is 19.9. The summed E-state index contributed by atoms with van der Waals surface area (Å²) in [6.07, 6.45) is 2.67. The normalized spacial score (nSPS) is 13.8. The molecule has 0 aromatic heterocycles. The highest BCUT2D eigenvalue weighted by Gasteiger charge is 2.30. The van der Waals surface area contributed by atoms with E-state index in [1.807, 2.05) is 24.3 Å². The van der Waals surface area contributed by atoms with Crippen LogP contribution in [0.2, 0.25) is 5.02 Å². The average Bonchev–Trinajstić information content (AvgIpc) is 3.07. The summed E-state index contributed by atoms with van der Waals surface area (Å²) in [5, 5.41) is 0.312. The number of hydrogen-bond donors (Lipinski definition) is 0. The fourth-order valence-electron chi connectivity index (χ4n) is 3.26. The van der Waals surface area contributed by atoms with E-state index >= 15 is 0 Å². The Bertz CT molecular complexity index is 1180. The second-order valence-corrected chi connectivity index (χ2v) is 7.38. The van der Waals surface area contributed by atoms with Gasteiger partial charge in [0.2, 0.25) is 5.78 Å². The fourth-order valence-corrected chi connectivity index (χ4v) is 3.47. The highest BCUT2D eigenvalue weighted by Crippen LogP contribution is 2.39. The molecule has 4 nitrogen and oxygen atoms in total. The molecule has 0 aliphatic carbocycles. The van der Waals surface area contributed by atoms with Gasteiger partial charge in [-0.3, -0.25) is 4.79 Å². The van der Waals surface area contributed by atoms with Crippen LogP contribution in [-0.2, 0) is 6.42 Å². The summed E-state index contributed by atoms with van der Waals surface area (Å²) in [6, 6.07) is 17.8. The molecule has 4 rings (SSSR count). The van der Waals surface area contributed by atoms with Gasteiger partial charge >= 0.3 is 5.97 Å². The molecule has 0 spiro atoms. The number of ether oxygens (including phenoxy) is 2. The predicted octanol–water partition coefficient (Wildman–Crippen LogP) is 6.05. The SMILES string of the molecule is CCc1ccc(/C=C2\Oc3c(ccc(OC(=O)c4ccccc4Cl)c3C)C2=O)cc1. The molecule has 1 aliphatic heterocycles. The fraction of sp³-hybridized carbons (Fsp3) is 0.120. The van der Waals surface area contributed by atoms with Crippen LogP contribution in [0.3, 0.4) is 0 Å². The smallest absolute Gasteiger partial charge is 0.345 e. The van der Waals surface area contributed by atoms with Crippen molar-refractivity contribution in [1.82, 2.24) is 0 Å². The van der Waals surface area contributed by atoms with Crippen molar-refractivity contribution in [2.45, 2.75) is 20.3 Å². The summed E-state index contributed by atoms with van der Waals surface area (Å²) >= 11 is 6.08. The predicted molar refractivity (Wildman–Crippen MR) is 116 cm³/mol. The zero-order valence-electron chi connectivity index (χ0n) is 16.6. The number of aryl methyl sites for hydroxylation is 1. The van der Waals surface area contributed by atoms with Gasteiger partial charge in [-0.25, -0.2) is 4.79 Å². The van der Waals surface area contributed by atoms with Crippen LogP contribution in [0.25, 0.3) is 6.08 Å². The van der Waals surface area contributed by atoms with E-state index in [4.69, 9.17) is 21.1 Å². The molecule has 0 amide bonds. The lowest BCUT2D eigenvalue weighted by Crippen LogP contribution is -2.10. The van der Waals surface area contributed by atoms with E-state index in [-0.39, 0.29) is 17.1 Å². The second kappa shape index (κ2) is 8.17. The summed E-state index contributed by atoms with van der Waals surface area (Å²) in [6.45, 7) is 3.84. The molecule has 1 heterocycles. The van der Waals surface area contributed by atoms with Crippen molar-refractivity contribution in [3.05, 3.63) is 99.3 Å². The number of carbonyl (C=O) groups is 2. The van der Waals surface area contributed by atoms with Crippen LogP contribution in [0, 0.1) is 6.92 Å². The van der Waals surface area contributed by atoms with Crippen molar-refractivity contribution >= 4 is 29.4 Å². The maximum atomic E-state index is 12.8. The second-order valence-electron chi connectivity index (χ2n) is 6.97. The number of fused-ring (bicyclic) bond motifs is 1. The maximum absolute atomic E-state index is 12.8. The standard InChI is InChI=1S/C25H19ClO4/c1-3-16-8-10-17(11-9-16)14-22-23(27)19-12-13-21(15(2)24(19)29-22)30-25(28)18-6-4-5-7-20(18)26/h4-14H,3H2,1-2H3/b22-14-. The minimum absolute atomic E-state index is 0.198. The summed E-state index contributed by atoms with van der Waals surface area (Å²) in [5.74, 6) is 0.198. The van der Waals surface area contributed by atoms with Gasteiger partial charge in [-0.15, -0.1) is 0 Å². The Labute approximate surface area is 179 Å². The van der Waals surface area contributed by atoms with Gasteiger partial charge in [0.15, 0.2) is 5.76 Å². The van der Waals surface area contributed by atoms with Crippen molar-refractivity contribution in [2.75, 3.05) is 0 Å². The Morgan fingerprint density at radius 1 is 1.07 bits per heavy atom. The molecule has 0 atom stereocenters. The van der Waals surface area contributed by atoms with Crippen LogP contribution in [-0.4, -0.2) is 11.8 Å². The highest BCUT2D eigenvalue weighted by atomic mass is 35.5. The van der Waals surface area contributed by atoms with E-state index < -0.39 is 5.97 Å². The van der Waals surface area contributed by atoms with Crippen molar-refractivity contribution in [3.8, 4) is 11.5 Å². The van der Waals surface area contributed by atoms with Crippen LogP contribution < -0.4 is 9.47 Å². The molecule has 0 saturated heterocycles. The van der Waals surface area contributed by atoms with Gasteiger partial charge in [0.05, 0.1) is 16.1 Å². The van der Waals surface area contributed by atoms with E-state index in [9.17, 15) is 9.59 Å². The molecule has 0 bridgehead atoms. The van der Waals surface area contributed by atoms with Crippen LogP contribution in [0.15, 0.2) is 66.4 Å². The van der Waals surface area contributed by atoms with Crippen LogP contribution in [0.4, 0.5) is 0 Å². The molecule has 0 unspecified atom stereocenters. The molecule has 1 aliphatic rings. The molecular weight excluding hydrogens is 400 g/mol. The molecule has 3 aromatic carbocycles. The zero-order valence-corrected chi connectivity index (χ0v) is 17.3. The lowest BCUT2D eigenvalue weighted by atomic mass is 10.0. The largest absolute Gasteiger partial charge is 0.452 e.